The molecule has 0 heterocycles. The molecule has 0 amide bonds. The summed E-state index contributed by atoms with van der Waals surface area (Å²) in [6, 6.07) is 0. The first-order chi connectivity index (χ1) is 17.0. The van der Waals surface area contributed by atoms with Gasteiger partial charge in [0, 0.05) is 6.42 Å². The number of hydrogen-bond acceptors (Lipinski definition) is 2. The van der Waals surface area contributed by atoms with E-state index in [1.165, 1.54) is 0 Å². The molecule has 2 nitrogen and oxygen atoms in total. The van der Waals surface area contributed by atoms with Gasteiger partial charge in [0.1, 0.15) is 0 Å². The lowest BCUT2D eigenvalue weighted by Gasteiger charge is -2.46. The summed E-state index contributed by atoms with van der Waals surface area (Å²) < 4.78 is 305. The van der Waals surface area contributed by atoms with Gasteiger partial charge in [0.2, 0.25) is 0 Å². The Bertz CT molecular complexity index is 870. The fourth-order valence-corrected chi connectivity index (χ4v) is 2.54. The van der Waals surface area contributed by atoms with E-state index in [0.29, 0.717) is 0 Å². The van der Waals surface area contributed by atoms with Crippen molar-refractivity contribution in [3.8, 4) is 0 Å². The fourth-order valence-electron chi connectivity index (χ4n) is 2.54. The van der Waals surface area contributed by atoms with Crippen molar-refractivity contribution in [2.45, 2.75) is 84.3 Å². The predicted octanol–water partition coefficient (Wildman–Crippen LogP) is 7.04. The first-order valence-electron chi connectivity index (χ1n) is 9.09. The first-order valence-corrected chi connectivity index (χ1v) is 9.09. The third-order valence-corrected chi connectivity index (χ3v) is 5.04. The summed E-state index contributed by atoms with van der Waals surface area (Å²) in [6.07, 6.45) is -24.7. The average Bonchev–Trinajstić information content (AvgIpc) is 2.73. The molecule has 1 unspecified atom stereocenters. The molecular formula is C15H9F23O2. The van der Waals surface area contributed by atoms with Crippen molar-refractivity contribution in [3.05, 3.63) is 0 Å². The van der Waals surface area contributed by atoms with Crippen LogP contribution in [0.1, 0.15) is 12.8 Å². The van der Waals surface area contributed by atoms with E-state index in [9.17, 15) is 101 Å². The summed E-state index contributed by atoms with van der Waals surface area (Å²) in [5.41, 5.74) is -9.04. The second-order valence-electron chi connectivity index (χ2n) is 7.75. The summed E-state index contributed by atoms with van der Waals surface area (Å²) >= 11 is 0. The van der Waals surface area contributed by atoms with Crippen LogP contribution < -0.4 is 0 Å². The van der Waals surface area contributed by atoms with Gasteiger partial charge in [-0.2, -0.15) is 96.6 Å². The zero-order valence-corrected chi connectivity index (χ0v) is 17.8. The molecule has 0 aromatic heterocycles. The molecule has 1 atom stereocenters. The van der Waals surface area contributed by atoms with Crippen LogP contribution in [-0.2, 0) is 0 Å². The lowest BCUT2D eigenvalue weighted by molar-refractivity contribution is -0.481. The number of hydrogen-bond donors (Lipinski definition) is 2. The Morgan fingerprint density at radius 2 is 0.650 bits per heavy atom. The van der Waals surface area contributed by atoms with E-state index in [1.54, 1.807) is 0 Å². The molecule has 0 radical (unpaired) electrons. The van der Waals surface area contributed by atoms with Crippen molar-refractivity contribution in [1.29, 1.82) is 0 Å². The second-order valence-corrected chi connectivity index (χ2v) is 7.75. The van der Waals surface area contributed by atoms with E-state index in [0.717, 1.165) is 0 Å². The van der Waals surface area contributed by atoms with Crippen LogP contribution in [-0.4, -0.2) is 88.3 Å². The lowest BCUT2D eigenvalue weighted by atomic mass is 9.82. The van der Waals surface area contributed by atoms with Gasteiger partial charge in [-0.05, 0) is 6.42 Å². The third-order valence-electron chi connectivity index (χ3n) is 5.04. The largest absolute Gasteiger partial charge is 0.438 e. The molecule has 0 aromatic carbocycles. The summed E-state index contributed by atoms with van der Waals surface area (Å²) in [5, 5.41) is 17.0. The second kappa shape index (κ2) is 9.95. The van der Waals surface area contributed by atoms with Crippen LogP contribution in [0.3, 0.4) is 0 Å². The highest BCUT2D eigenvalue weighted by atomic mass is 19.4. The van der Waals surface area contributed by atoms with Gasteiger partial charge in [-0.3, -0.25) is 0 Å². The van der Waals surface area contributed by atoms with Gasteiger partial charge in [0.15, 0.2) is 0 Å². The number of aliphatic hydroxyl groups excluding tert-OH is 2. The molecule has 0 fully saturated rings. The quantitative estimate of drug-likeness (QED) is 0.221. The molecule has 0 aliphatic carbocycles. The van der Waals surface area contributed by atoms with Crippen molar-refractivity contribution in [1.82, 2.24) is 0 Å². The molecule has 242 valence electrons. The minimum absolute atomic E-state index is 1.65. The molecule has 0 aromatic rings. The SMILES string of the molecule is OCC(O)CCC(F)(F)C(F)(F)C(F)(F)C(F)(F)C(F)(F)C(F)(F)C(F)(F)C(F)(F)C(F)(C(F)(F)F)C(F)(F)F. The van der Waals surface area contributed by atoms with Crippen molar-refractivity contribution in [2.75, 3.05) is 6.61 Å². The zero-order chi connectivity index (χ0) is 33.2. The predicted molar refractivity (Wildman–Crippen MR) is 77.9 cm³/mol. The van der Waals surface area contributed by atoms with Crippen LogP contribution in [0.4, 0.5) is 101 Å². The molecule has 0 spiro atoms. The third kappa shape index (κ3) is 4.88. The highest BCUT2D eigenvalue weighted by molar-refractivity contribution is 5.20. The molecule has 0 bridgehead atoms. The molecule has 40 heavy (non-hydrogen) atoms. The molecular weight excluding hydrogens is 649 g/mol. The number of alkyl halides is 23. The van der Waals surface area contributed by atoms with Crippen LogP contribution in [0.15, 0.2) is 0 Å². The monoisotopic (exact) mass is 658 g/mol. The van der Waals surface area contributed by atoms with Crippen LogP contribution >= 0.6 is 0 Å². The maximum absolute atomic E-state index is 13.6. The molecule has 2 N–H and O–H groups in total. The Hall–Kier alpha value is -1.69. The summed E-state index contributed by atoms with van der Waals surface area (Å²) in [5.74, 6) is -70.8. The molecule has 0 saturated heterocycles. The van der Waals surface area contributed by atoms with Gasteiger partial charge in [-0.1, -0.05) is 0 Å². The number of aliphatic hydroxyl groups is 2. The van der Waals surface area contributed by atoms with Crippen molar-refractivity contribution < 1.29 is 111 Å². The van der Waals surface area contributed by atoms with Crippen molar-refractivity contribution in [2.24, 2.45) is 0 Å². The van der Waals surface area contributed by atoms with Gasteiger partial charge >= 0.3 is 65.4 Å². The first kappa shape index (κ1) is 38.3. The Morgan fingerprint density at radius 3 is 0.900 bits per heavy atom. The van der Waals surface area contributed by atoms with E-state index in [2.05, 4.69) is 0 Å². The maximum Gasteiger partial charge on any atom is 0.438 e. The minimum atomic E-state index is -9.50. The van der Waals surface area contributed by atoms with Crippen LogP contribution in [0, 0.1) is 0 Å². The summed E-state index contributed by atoms with van der Waals surface area (Å²) in [7, 11) is 0. The average molecular weight is 658 g/mol. The minimum Gasteiger partial charge on any atom is -0.394 e. The molecule has 0 aliphatic heterocycles. The Labute approximate surface area is 203 Å². The smallest absolute Gasteiger partial charge is 0.394 e. The van der Waals surface area contributed by atoms with E-state index in [1.807, 2.05) is 0 Å². The Balaban J connectivity index is 7.20. The van der Waals surface area contributed by atoms with Gasteiger partial charge in [0.05, 0.1) is 12.7 Å². The van der Waals surface area contributed by atoms with E-state index in [-0.39, 0.29) is 0 Å². The fraction of sp³-hybridized carbons (Fsp3) is 1.00. The molecule has 0 rings (SSSR count). The van der Waals surface area contributed by atoms with Crippen LogP contribution in [0.5, 0.6) is 0 Å². The summed E-state index contributed by atoms with van der Waals surface area (Å²) in [4.78, 5) is 0. The van der Waals surface area contributed by atoms with E-state index >= 15 is 0 Å². The van der Waals surface area contributed by atoms with Gasteiger partial charge in [-0.15, -0.1) is 0 Å². The molecule has 0 aliphatic rings. The zero-order valence-electron chi connectivity index (χ0n) is 17.8. The van der Waals surface area contributed by atoms with Gasteiger partial charge in [0.25, 0.3) is 0 Å². The van der Waals surface area contributed by atoms with E-state index < -0.39 is 91.0 Å². The van der Waals surface area contributed by atoms with Gasteiger partial charge in [-0.25, -0.2) is 4.39 Å². The number of halogens is 23. The highest BCUT2D eigenvalue weighted by Gasteiger charge is 2.99. The standard InChI is InChI=1S/C15H9F23O2/c16-5(17,2-1-4(40)3-39)7(19,20)9(23,24)11(27,28)13(31,32)12(29,30)10(25,26)8(21,22)6(18,14(33,34)35)15(36,37)38/h4,39-40H,1-3H2. The Kier molecular flexibility index (Phi) is 9.53. The molecule has 0 saturated carbocycles. The van der Waals surface area contributed by atoms with Crippen LogP contribution in [0.25, 0.3) is 0 Å². The molecule has 25 heteroatoms. The maximum atomic E-state index is 13.6. The van der Waals surface area contributed by atoms with Crippen LogP contribution in [0.2, 0.25) is 0 Å². The topological polar surface area (TPSA) is 40.5 Å². The van der Waals surface area contributed by atoms with Gasteiger partial charge < -0.3 is 10.2 Å². The Morgan fingerprint density at radius 1 is 0.400 bits per heavy atom. The number of rotatable bonds is 12. The van der Waals surface area contributed by atoms with Crippen molar-refractivity contribution in [3.63, 3.8) is 0 Å². The highest BCUT2D eigenvalue weighted by Crippen LogP contribution is 2.67. The summed E-state index contributed by atoms with van der Waals surface area (Å²) in [6.45, 7) is -1.65. The normalized spacial score (nSPS) is 17.3. The lowest BCUT2D eigenvalue weighted by Crippen LogP contribution is -2.79. The van der Waals surface area contributed by atoms with E-state index in [4.69, 9.17) is 10.2 Å². The van der Waals surface area contributed by atoms with Crippen molar-refractivity contribution >= 4 is 0 Å².